The number of ether oxygens (including phenoxy) is 1. The lowest BCUT2D eigenvalue weighted by Crippen LogP contribution is -2.58. The lowest BCUT2D eigenvalue weighted by Gasteiger charge is -2.41. The van der Waals surface area contributed by atoms with Crippen LogP contribution in [0.1, 0.15) is 40.0 Å². The summed E-state index contributed by atoms with van der Waals surface area (Å²) in [7, 11) is 0. The van der Waals surface area contributed by atoms with Gasteiger partial charge in [0.2, 0.25) is 5.91 Å². The number of carbonyl (C=O) groups is 2. The number of carboxylic acid groups (broad SMARTS) is 1. The summed E-state index contributed by atoms with van der Waals surface area (Å²) in [5, 5.41) is 29.9. The highest BCUT2D eigenvalue weighted by Crippen LogP contribution is 2.63. The number of aromatic amines is 1. The van der Waals surface area contributed by atoms with E-state index in [2.05, 4.69) is 9.97 Å². The van der Waals surface area contributed by atoms with Crippen LogP contribution < -0.4 is 15.1 Å². The number of aromatic carboxylic acids is 1. The van der Waals surface area contributed by atoms with E-state index in [1.807, 2.05) is 0 Å². The number of amides is 1. The average molecular weight is 415 g/mol. The predicted octanol–water partition coefficient (Wildman–Crippen LogP) is -0.429. The number of hydrogen-bond acceptors (Lipinski definition) is 8. The number of likely N-dealkylation sites (tertiary alicyclic amines) is 1. The van der Waals surface area contributed by atoms with Gasteiger partial charge in [-0.15, -0.1) is 0 Å². The van der Waals surface area contributed by atoms with Crippen LogP contribution in [0.5, 0.6) is 11.5 Å². The standard InChI is InChI=1S/C18H20BN4O7/c20-15(12-4-21-7-22-12)17(24)23-5-8(6-23)29-13-2-1-9-10-3-11(10)19(27,28)30-16(9)14(13)18(25)26/h1-2,4,7-8,10-11,15,27-28H,3,5-6,20H2,(H,21,22)(H,25,26)/q-1/t10-,11-,15-/m1/s1. The summed E-state index contributed by atoms with van der Waals surface area (Å²) in [5.41, 5.74) is 6.83. The number of hydrogen-bond donors (Lipinski definition) is 5. The number of fused-ring (bicyclic) bond motifs is 3. The molecule has 3 aliphatic rings. The fraction of sp³-hybridized carbons (Fsp3) is 0.389. The highest BCUT2D eigenvalue weighted by atomic mass is 16.6. The van der Waals surface area contributed by atoms with Gasteiger partial charge in [-0.2, -0.15) is 0 Å². The molecule has 3 atom stereocenters. The number of rotatable bonds is 5. The number of nitrogens with two attached hydrogens (primary N) is 1. The maximum atomic E-state index is 12.4. The Kier molecular flexibility index (Phi) is 4.07. The van der Waals surface area contributed by atoms with E-state index >= 15 is 0 Å². The smallest absolute Gasteiger partial charge is 0.434 e. The van der Waals surface area contributed by atoms with Crippen molar-refractivity contribution in [1.29, 1.82) is 0 Å². The number of carbonyl (C=O) groups excluding carboxylic acids is 1. The largest absolute Gasteiger partial charge is 0.669 e. The van der Waals surface area contributed by atoms with Gasteiger partial charge < -0.3 is 40.2 Å². The van der Waals surface area contributed by atoms with Crippen molar-refractivity contribution in [3.8, 4) is 11.5 Å². The summed E-state index contributed by atoms with van der Waals surface area (Å²) in [4.78, 5) is 32.5. The number of nitrogens with zero attached hydrogens (tertiary/aromatic N) is 2. The second-order valence-corrected chi connectivity index (χ2v) is 8.01. The first-order valence-electron chi connectivity index (χ1n) is 9.64. The molecule has 1 aromatic carbocycles. The van der Waals surface area contributed by atoms with E-state index in [4.69, 9.17) is 15.1 Å². The van der Waals surface area contributed by atoms with E-state index < -0.39 is 30.7 Å². The van der Waals surface area contributed by atoms with Crippen molar-refractivity contribution in [2.75, 3.05) is 13.1 Å². The third kappa shape index (κ3) is 2.92. The van der Waals surface area contributed by atoms with Crippen molar-refractivity contribution in [1.82, 2.24) is 14.9 Å². The third-order valence-corrected chi connectivity index (χ3v) is 6.03. The molecule has 2 aromatic rings. The zero-order valence-electron chi connectivity index (χ0n) is 15.8. The van der Waals surface area contributed by atoms with Gasteiger partial charge in [0.25, 0.3) is 0 Å². The van der Waals surface area contributed by atoms with Crippen molar-refractivity contribution < 1.29 is 34.1 Å². The first kappa shape index (κ1) is 18.9. The second-order valence-electron chi connectivity index (χ2n) is 8.01. The van der Waals surface area contributed by atoms with E-state index in [0.29, 0.717) is 17.7 Å². The van der Waals surface area contributed by atoms with Gasteiger partial charge in [-0.05, 0) is 17.5 Å². The minimum absolute atomic E-state index is 0.0573. The molecule has 1 amide bonds. The molecule has 12 heteroatoms. The van der Waals surface area contributed by atoms with Crippen molar-refractivity contribution in [2.45, 2.75) is 30.3 Å². The first-order chi connectivity index (χ1) is 14.3. The van der Waals surface area contributed by atoms with Crippen LogP contribution in [0.25, 0.3) is 0 Å². The maximum Gasteiger partial charge on any atom is 0.434 e. The zero-order chi connectivity index (χ0) is 21.2. The van der Waals surface area contributed by atoms with Crippen LogP contribution in [0.15, 0.2) is 24.7 Å². The van der Waals surface area contributed by atoms with Crippen LogP contribution in [0.3, 0.4) is 0 Å². The topological polar surface area (TPSA) is 171 Å². The number of nitrogens with one attached hydrogen (secondary N) is 1. The summed E-state index contributed by atoms with van der Waals surface area (Å²) in [6, 6.07) is 2.38. The molecule has 0 bridgehead atoms. The van der Waals surface area contributed by atoms with Crippen LogP contribution in [0.4, 0.5) is 0 Å². The summed E-state index contributed by atoms with van der Waals surface area (Å²) in [5.74, 6) is -2.12. The number of aromatic nitrogens is 2. The Labute approximate surface area is 170 Å². The Bertz CT molecular complexity index is 1020. The van der Waals surface area contributed by atoms with Gasteiger partial charge in [-0.1, -0.05) is 18.3 Å². The minimum Gasteiger partial charge on any atom is -0.669 e. The first-order valence-corrected chi connectivity index (χ1v) is 9.64. The third-order valence-electron chi connectivity index (χ3n) is 6.03. The molecule has 0 radical (unpaired) electrons. The van der Waals surface area contributed by atoms with Crippen LogP contribution in [-0.4, -0.2) is 67.8 Å². The van der Waals surface area contributed by atoms with Gasteiger partial charge in [0.15, 0.2) is 0 Å². The Morgan fingerprint density at radius 3 is 2.80 bits per heavy atom. The molecule has 2 aliphatic heterocycles. The average Bonchev–Trinajstić information content (AvgIpc) is 3.30. The summed E-state index contributed by atoms with van der Waals surface area (Å²) in [6.07, 6.45) is 3.04. The fourth-order valence-corrected chi connectivity index (χ4v) is 4.25. The summed E-state index contributed by atoms with van der Waals surface area (Å²) >= 11 is 0. The van der Waals surface area contributed by atoms with E-state index in [9.17, 15) is 24.7 Å². The molecule has 2 fully saturated rings. The zero-order valence-corrected chi connectivity index (χ0v) is 15.8. The van der Waals surface area contributed by atoms with E-state index in [-0.39, 0.29) is 42.0 Å². The molecule has 5 rings (SSSR count). The number of imidazole rings is 1. The van der Waals surface area contributed by atoms with Crippen molar-refractivity contribution >= 4 is 18.6 Å². The monoisotopic (exact) mass is 415 g/mol. The van der Waals surface area contributed by atoms with E-state index in [0.717, 1.165) is 0 Å². The molecule has 1 saturated carbocycles. The fourth-order valence-electron chi connectivity index (χ4n) is 4.25. The molecule has 6 N–H and O–H groups in total. The lowest BCUT2D eigenvalue weighted by molar-refractivity contribution is -0.141. The molecule has 1 aromatic heterocycles. The van der Waals surface area contributed by atoms with Crippen molar-refractivity contribution in [2.24, 2.45) is 5.73 Å². The second kappa shape index (κ2) is 6.46. The van der Waals surface area contributed by atoms with Gasteiger partial charge in [0.1, 0.15) is 23.5 Å². The van der Waals surface area contributed by atoms with Crippen molar-refractivity contribution in [3.05, 3.63) is 41.5 Å². The van der Waals surface area contributed by atoms with Crippen LogP contribution in [0, 0.1) is 0 Å². The van der Waals surface area contributed by atoms with Gasteiger partial charge in [0.05, 0.1) is 37.1 Å². The number of H-pyrrole nitrogens is 1. The molecule has 1 aliphatic carbocycles. The normalized spacial score (nSPS) is 24.7. The Hall–Kier alpha value is -3.09. The lowest BCUT2D eigenvalue weighted by atomic mass is 9.68. The van der Waals surface area contributed by atoms with Crippen LogP contribution in [-0.2, 0) is 4.79 Å². The SMILES string of the molecule is N[C@@H](C(=O)N1CC(Oc2ccc3c(c2C(=O)O)O[B-](O)(O)[C@@H]2C[C@H]32)C1)c1cnc[nH]1. The predicted molar refractivity (Wildman–Crippen MR) is 102 cm³/mol. The van der Waals surface area contributed by atoms with Gasteiger partial charge in [-0.3, -0.25) is 4.79 Å². The Balaban J connectivity index is 1.31. The molecule has 3 heterocycles. The maximum absolute atomic E-state index is 12.4. The highest BCUT2D eigenvalue weighted by Gasteiger charge is 2.55. The molecule has 0 spiro atoms. The Morgan fingerprint density at radius 1 is 1.37 bits per heavy atom. The molecule has 1 saturated heterocycles. The molecule has 11 nitrogen and oxygen atoms in total. The quantitative estimate of drug-likeness (QED) is 0.407. The van der Waals surface area contributed by atoms with E-state index in [1.54, 1.807) is 12.1 Å². The van der Waals surface area contributed by atoms with Gasteiger partial charge in [0, 0.05) is 0 Å². The van der Waals surface area contributed by atoms with E-state index in [1.165, 1.54) is 17.4 Å². The van der Waals surface area contributed by atoms with Crippen molar-refractivity contribution in [3.63, 3.8) is 0 Å². The summed E-state index contributed by atoms with van der Waals surface area (Å²) < 4.78 is 11.1. The number of benzene rings is 1. The van der Waals surface area contributed by atoms with Gasteiger partial charge >= 0.3 is 12.7 Å². The van der Waals surface area contributed by atoms with Crippen LogP contribution in [0.2, 0.25) is 5.82 Å². The summed E-state index contributed by atoms with van der Waals surface area (Å²) in [6.45, 7) is -2.61. The molecule has 30 heavy (non-hydrogen) atoms. The Morgan fingerprint density at radius 2 is 2.13 bits per heavy atom. The molecule has 0 unspecified atom stereocenters. The van der Waals surface area contributed by atoms with Crippen LogP contribution >= 0.6 is 0 Å². The molecule has 158 valence electrons. The molecular formula is C18H20BN4O7-. The minimum atomic E-state index is -3.10. The molecular weight excluding hydrogens is 395 g/mol. The number of carboxylic acids is 1. The van der Waals surface area contributed by atoms with Gasteiger partial charge in [-0.25, -0.2) is 9.78 Å². The highest BCUT2D eigenvalue weighted by molar-refractivity contribution is 6.62.